The lowest BCUT2D eigenvalue weighted by Crippen LogP contribution is -2.49. The molecule has 6 heteroatoms. The van der Waals surface area contributed by atoms with Crippen LogP contribution >= 0.6 is 31.9 Å². The highest BCUT2D eigenvalue weighted by Crippen LogP contribution is 2.24. The minimum atomic E-state index is -0.264. The number of halogens is 2. The first-order valence-corrected chi connectivity index (χ1v) is 9.80. The zero-order valence-corrected chi connectivity index (χ0v) is 17.2. The number of para-hydroxylation sites is 1. The van der Waals surface area contributed by atoms with E-state index in [4.69, 9.17) is 4.74 Å². The van der Waals surface area contributed by atoms with E-state index in [0.29, 0.717) is 18.8 Å². The van der Waals surface area contributed by atoms with E-state index in [1.54, 1.807) is 4.90 Å². The van der Waals surface area contributed by atoms with Crippen molar-refractivity contribution >= 4 is 38.0 Å². The van der Waals surface area contributed by atoms with Gasteiger partial charge >= 0.3 is 6.09 Å². The Kier molecular flexibility index (Phi) is 6.15. The predicted molar refractivity (Wildman–Crippen MR) is 106 cm³/mol. The highest BCUT2D eigenvalue weighted by Gasteiger charge is 2.23. The minimum absolute atomic E-state index is 0.264. The highest BCUT2D eigenvalue weighted by atomic mass is 79.9. The lowest BCUT2D eigenvalue weighted by atomic mass is 10.2. The summed E-state index contributed by atoms with van der Waals surface area (Å²) in [6.45, 7) is 5.88. The first kappa shape index (κ1) is 18.4. The number of carbonyl (C=O) groups excluding carboxylic acids is 1. The Hall–Kier alpha value is -1.37. The van der Waals surface area contributed by atoms with Crippen molar-refractivity contribution in [2.24, 2.45) is 0 Å². The van der Waals surface area contributed by atoms with Crippen LogP contribution in [-0.2, 0) is 6.54 Å². The number of hydrogen-bond donors (Lipinski definition) is 0. The molecular formula is C19H20Br2N2O2. The number of amides is 1. The molecule has 0 aliphatic carbocycles. The largest absolute Gasteiger partial charge is 0.415 e. The molecule has 25 heavy (non-hydrogen) atoms. The quantitative estimate of drug-likeness (QED) is 0.647. The molecule has 2 aromatic carbocycles. The third-order valence-corrected chi connectivity index (χ3v) is 6.19. The molecule has 1 saturated heterocycles. The molecule has 1 heterocycles. The molecule has 0 bridgehead atoms. The van der Waals surface area contributed by atoms with Crippen molar-refractivity contribution in [1.29, 1.82) is 0 Å². The zero-order valence-electron chi connectivity index (χ0n) is 14.0. The van der Waals surface area contributed by atoms with Crippen LogP contribution in [0.3, 0.4) is 0 Å². The Morgan fingerprint density at radius 1 is 1.04 bits per heavy atom. The first-order valence-electron chi connectivity index (χ1n) is 8.21. The fourth-order valence-corrected chi connectivity index (χ4v) is 3.49. The summed E-state index contributed by atoms with van der Waals surface area (Å²) in [6.07, 6.45) is -0.264. The number of hydrogen-bond acceptors (Lipinski definition) is 3. The molecule has 0 radical (unpaired) electrons. The maximum absolute atomic E-state index is 12.3. The topological polar surface area (TPSA) is 32.8 Å². The second-order valence-electron chi connectivity index (χ2n) is 6.15. The van der Waals surface area contributed by atoms with Crippen molar-refractivity contribution in [1.82, 2.24) is 9.80 Å². The molecule has 1 aliphatic rings. The number of benzene rings is 2. The number of ether oxygens (including phenoxy) is 1. The highest BCUT2D eigenvalue weighted by molar-refractivity contribution is 9.13. The van der Waals surface area contributed by atoms with E-state index >= 15 is 0 Å². The van der Waals surface area contributed by atoms with Crippen LogP contribution < -0.4 is 4.74 Å². The van der Waals surface area contributed by atoms with Crippen LogP contribution in [-0.4, -0.2) is 42.1 Å². The van der Waals surface area contributed by atoms with Crippen LogP contribution in [0.4, 0.5) is 4.79 Å². The lowest BCUT2D eigenvalue weighted by molar-refractivity contribution is 0.107. The second kappa shape index (κ2) is 8.34. The van der Waals surface area contributed by atoms with Gasteiger partial charge in [-0.1, -0.05) is 24.3 Å². The van der Waals surface area contributed by atoms with Gasteiger partial charge in [0.1, 0.15) is 5.75 Å². The maximum Gasteiger partial charge on any atom is 0.415 e. The Balaban J connectivity index is 1.52. The van der Waals surface area contributed by atoms with E-state index in [0.717, 1.165) is 34.1 Å². The normalized spacial score (nSPS) is 15.2. The molecule has 1 aliphatic heterocycles. The van der Waals surface area contributed by atoms with Gasteiger partial charge in [0.25, 0.3) is 0 Å². The lowest BCUT2D eigenvalue weighted by Gasteiger charge is -2.34. The number of nitrogens with zero attached hydrogens (tertiary/aromatic N) is 2. The summed E-state index contributed by atoms with van der Waals surface area (Å²) in [7, 11) is 0. The van der Waals surface area contributed by atoms with Gasteiger partial charge in [-0.25, -0.2) is 4.79 Å². The van der Waals surface area contributed by atoms with Crippen molar-refractivity contribution in [3.05, 3.63) is 62.5 Å². The van der Waals surface area contributed by atoms with Crippen molar-refractivity contribution in [2.75, 3.05) is 26.2 Å². The Bertz CT molecular complexity index is 759. The van der Waals surface area contributed by atoms with Crippen LogP contribution in [0.25, 0.3) is 0 Å². The van der Waals surface area contributed by atoms with Crippen molar-refractivity contribution < 1.29 is 9.53 Å². The number of aryl methyl sites for hydroxylation is 1. The van der Waals surface area contributed by atoms with Gasteiger partial charge < -0.3 is 9.64 Å². The van der Waals surface area contributed by atoms with Crippen molar-refractivity contribution in [3.63, 3.8) is 0 Å². The zero-order chi connectivity index (χ0) is 17.8. The number of piperazine rings is 1. The van der Waals surface area contributed by atoms with E-state index in [-0.39, 0.29) is 6.09 Å². The third-order valence-electron chi connectivity index (χ3n) is 4.31. The summed E-state index contributed by atoms with van der Waals surface area (Å²) < 4.78 is 7.64. The fourth-order valence-electron chi connectivity index (χ4n) is 2.81. The molecule has 132 valence electrons. The van der Waals surface area contributed by atoms with Crippen LogP contribution in [0.2, 0.25) is 0 Å². The van der Waals surface area contributed by atoms with Crippen LogP contribution in [0.1, 0.15) is 11.1 Å². The Labute approximate surface area is 165 Å². The van der Waals surface area contributed by atoms with Gasteiger partial charge in [-0.3, -0.25) is 4.90 Å². The number of carbonyl (C=O) groups is 1. The molecular weight excluding hydrogens is 448 g/mol. The average molecular weight is 468 g/mol. The molecule has 0 N–H and O–H groups in total. The molecule has 1 fully saturated rings. The van der Waals surface area contributed by atoms with E-state index in [1.165, 1.54) is 5.56 Å². The standard InChI is InChI=1S/C19H20Br2N2O2/c1-14-4-2-3-5-18(14)25-19(24)23-10-8-22(9-11-23)13-15-6-7-16(20)17(21)12-15/h2-7,12H,8-11,13H2,1H3. The molecule has 0 aromatic heterocycles. The number of rotatable bonds is 3. The molecule has 0 saturated carbocycles. The van der Waals surface area contributed by atoms with Gasteiger partial charge in [0, 0.05) is 41.7 Å². The van der Waals surface area contributed by atoms with Gasteiger partial charge in [-0.05, 0) is 68.1 Å². The summed E-state index contributed by atoms with van der Waals surface area (Å²) in [5.41, 5.74) is 2.22. The molecule has 1 amide bonds. The van der Waals surface area contributed by atoms with Gasteiger partial charge in [-0.15, -0.1) is 0 Å². The molecule has 4 nitrogen and oxygen atoms in total. The second-order valence-corrected chi connectivity index (χ2v) is 7.85. The van der Waals surface area contributed by atoms with Crippen LogP contribution in [0, 0.1) is 6.92 Å². The summed E-state index contributed by atoms with van der Waals surface area (Å²) in [5, 5.41) is 0. The Morgan fingerprint density at radius 2 is 1.76 bits per heavy atom. The van der Waals surface area contributed by atoms with E-state index in [1.807, 2.05) is 31.2 Å². The predicted octanol–water partition coefficient (Wildman–Crippen LogP) is 4.84. The molecule has 2 aromatic rings. The SMILES string of the molecule is Cc1ccccc1OC(=O)N1CCN(Cc2ccc(Br)c(Br)c2)CC1. The monoisotopic (exact) mass is 466 g/mol. The van der Waals surface area contributed by atoms with Gasteiger partial charge in [0.15, 0.2) is 0 Å². The smallest absolute Gasteiger partial charge is 0.410 e. The van der Waals surface area contributed by atoms with Crippen molar-refractivity contribution in [3.8, 4) is 5.75 Å². The minimum Gasteiger partial charge on any atom is -0.410 e. The molecule has 3 rings (SSSR count). The van der Waals surface area contributed by atoms with Gasteiger partial charge in [0.2, 0.25) is 0 Å². The molecule has 0 atom stereocenters. The van der Waals surface area contributed by atoms with E-state index in [2.05, 4.69) is 55.0 Å². The van der Waals surface area contributed by atoms with Crippen LogP contribution in [0.5, 0.6) is 5.75 Å². The van der Waals surface area contributed by atoms with Crippen LogP contribution in [0.15, 0.2) is 51.4 Å². The fraction of sp³-hybridized carbons (Fsp3) is 0.316. The summed E-state index contributed by atoms with van der Waals surface area (Å²) in [6, 6.07) is 13.9. The summed E-state index contributed by atoms with van der Waals surface area (Å²) in [5.74, 6) is 0.634. The molecule has 0 unspecified atom stereocenters. The van der Waals surface area contributed by atoms with E-state index < -0.39 is 0 Å². The summed E-state index contributed by atoms with van der Waals surface area (Å²) >= 11 is 7.03. The maximum atomic E-state index is 12.3. The summed E-state index contributed by atoms with van der Waals surface area (Å²) in [4.78, 5) is 16.5. The van der Waals surface area contributed by atoms with Gasteiger partial charge in [-0.2, -0.15) is 0 Å². The third kappa shape index (κ3) is 4.84. The first-order chi connectivity index (χ1) is 12.0. The average Bonchev–Trinajstić information content (AvgIpc) is 2.61. The van der Waals surface area contributed by atoms with E-state index in [9.17, 15) is 4.79 Å². The van der Waals surface area contributed by atoms with Crippen molar-refractivity contribution in [2.45, 2.75) is 13.5 Å². The Morgan fingerprint density at radius 3 is 2.44 bits per heavy atom. The van der Waals surface area contributed by atoms with Gasteiger partial charge in [0.05, 0.1) is 0 Å². The molecule has 0 spiro atoms.